The average molecular weight is 334 g/mol. The van der Waals surface area contributed by atoms with E-state index in [0.29, 0.717) is 5.75 Å². The highest BCUT2D eigenvalue weighted by Crippen LogP contribution is 2.15. The molecule has 1 unspecified atom stereocenters. The van der Waals surface area contributed by atoms with Gasteiger partial charge in [0.2, 0.25) is 0 Å². The first-order chi connectivity index (χ1) is 11.7. The maximum atomic E-state index is 10.9. The lowest BCUT2D eigenvalue weighted by Gasteiger charge is -2.12. The molecule has 0 saturated carbocycles. The zero-order valence-corrected chi connectivity index (χ0v) is 14.7. The van der Waals surface area contributed by atoms with Gasteiger partial charge >= 0.3 is 5.97 Å². The van der Waals surface area contributed by atoms with Crippen LogP contribution in [0.2, 0.25) is 0 Å². The zero-order chi connectivity index (χ0) is 17.6. The fourth-order valence-electron chi connectivity index (χ4n) is 2.34. The minimum atomic E-state index is -0.850. The van der Waals surface area contributed by atoms with Gasteiger partial charge in [-0.05, 0) is 30.5 Å². The van der Waals surface area contributed by atoms with Crippen molar-refractivity contribution in [1.82, 2.24) is 0 Å². The van der Waals surface area contributed by atoms with Crippen LogP contribution in [0.25, 0.3) is 0 Å². The van der Waals surface area contributed by atoms with E-state index in [-0.39, 0.29) is 13.2 Å². The Morgan fingerprint density at radius 1 is 1.12 bits per heavy atom. The van der Waals surface area contributed by atoms with Crippen LogP contribution in [0.1, 0.15) is 51.0 Å². The molecule has 134 valence electrons. The molecule has 0 aromatic heterocycles. The molecule has 0 aliphatic rings. The van der Waals surface area contributed by atoms with Crippen LogP contribution in [0.5, 0.6) is 5.75 Å². The molecule has 1 N–H and O–H groups in total. The largest absolute Gasteiger partial charge is 0.491 e. The van der Waals surface area contributed by atoms with Gasteiger partial charge < -0.3 is 14.6 Å². The fourth-order valence-corrected chi connectivity index (χ4v) is 2.34. The van der Waals surface area contributed by atoms with Crippen molar-refractivity contribution in [2.24, 2.45) is 0 Å². The van der Waals surface area contributed by atoms with E-state index < -0.39 is 12.1 Å². The first-order valence-electron chi connectivity index (χ1n) is 8.84. The molecular weight excluding hydrogens is 304 g/mol. The molecule has 0 saturated heterocycles. The van der Waals surface area contributed by atoms with Crippen LogP contribution in [0.4, 0.5) is 0 Å². The minimum Gasteiger partial charge on any atom is -0.491 e. The molecule has 24 heavy (non-hydrogen) atoms. The molecule has 0 aliphatic heterocycles. The Morgan fingerprint density at radius 2 is 1.79 bits per heavy atom. The third-order valence-corrected chi connectivity index (χ3v) is 3.77. The van der Waals surface area contributed by atoms with Gasteiger partial charge in [0.1, 0.15) is 25.1 Å². The van der Waals surface area contributed by atoms with Crippen molar-refractivity contribution in [3.05, 3.63) is 42.5 Å². The van der Waals surface area contributed by atoms with E-state index in [2.05, 4.69) is 25.6 Å². The third kappa shape index (κ3) is 9.36. The van der Waals surface area contributed by atoms with E-state index in [9.17, 15) is 9.90 Å². The number of aliphatic hydroxyl groups excluding tert-OH is 1. The summed E-state index contributed by atoms with van der Waals surface area (Å²) in [4.78, 5) is 10.9. The molecule has 1 aromatic carbocycles. The second-order valence-corrected chi connectivity index (χ2v) is 5.96. The van der Waals surface area contributed by atoms with Crippen LogP contribution in [-0.2, 0) is 16.0 Å². The highest BCUT2D eigenvalue weighted by atomic mass is 16.5. The van der Waals surface area contributed by atoms with Crippen molar-refractivity contribution in [3.8, 4) is 5.75 Å². The molecule has 0 aliphatic carbocycles. The molecule has 1 atom stereocenters. The number of benzene rings is 1. The van der Waals surface area contributed by atoms with Crippen molar-refractivity contribution >= 4 is 5.97 Å². The Balaban J connectivity index is 2.19. The van der Waals surface area contributed by atoms with Crippen LogP contribution in [0.15, 0.2) is 36.9 Å². The number of ether oxygens (including phenoxy) is 2. The Kier molecular flexibility index (Phi) is 10.6. The summed E-state index contributed by atoms with van der Waals surface area (Å²) in [7, 11) is 0. The number of hydrogen-bond donors (Lipinski definition) is 1. The van der Waals surface area contributed by atoms with Crippen LogP contribution >= 0.6 is 0 Å². The van der Waals surface area contributed by atoms with Crippen molar-refractivity contribution in [1.29, 1.82) is 0 Å². The summed E-state index contributed by atoms with van der Waals surface area (Å²) in [6.45, 7) is 5.51. The summed E-state index contributed by atoms with van der Waals surface area (Å²) in [5.41, 5.74) is 1.30. The normalized spacial score (nSPS) is 11.8. The van der Waals surface area contributed by atoms with E-state index in [1.165, 1.54) is 44.1 Å². The molecular formula is C20H30O4. The van der Waals surface area contributed by atoms with Crippen molar-refractivity contribution in [2.45, 2.75) is 58.0 Å². The summed E-state index contributed by atoms with van der Waals surface area (Å²) < 4.78 is 10.2. The molecule has 1 aromatic rings. The summed E-state index contributed by atoms with van der Waals surface area (Å²) in [6, 6.07) is 7.95. The average Bonchev–Trinajstić information content (AvgIpc) is 2.61. The van der Waals surface area contributed by atoms with Crippen molar-refractivity contribution < 1.29 is 19.4 Å². The SMILES string of the molecule is C=CC(=O)OCC(O)COc1ccc(CCCCCCCC)cc1. The second-order valence-electron chi connectivity index (χ2n) is 5.96. The number of esters is 1. The van der Waals surface area contributed by atoms with Gasteiger partial charge in [0, 0.05) is 6.08 Å². The topological polar surface area (TPSA) is 55.8 Å². The smallest absolute Gasteiger partial charge is 0.330 e. The Hall–Kier alpha value is -1.81. The summed E-state index contributed by atoms with van der Waals surface area (Å²) in [5, 5.41) is 9.68. The number of carbonyl (C=O) groups excluding carboxylic acids is 1. The van der Waals surface area contributed by atoms with Gasteiger partial charge in [0.15, 0.2) is 0 Å². The molecule has 0 radical (unpaired) electrons. The lowest BCUT2D eigenvalue weighted by molar-refractivity contribution is -0.141. The highest BCUT2D eigenvalue weighted by molar-refractivity contribution is 5.81. The van der Waals surface area contributed by atoms with Gasteiger partial charge in [-0.3, -0.25) is 0 Å². The van der Waals surface area contributed by atoms with Gasteiger partial charge in [0.05, 0.1) is 0 Å². The fraction of sp³-hybridized carbons (Fsp3) is 0.550. The predicted molar refractivity (Wildman–Crippen MR) is 96.2 cm³/mol. The standard InChI is InChI=1S/C20H30O4/c1-3-5-6-7-8-9-10-17-11-13-19(14-12-17)23-15-18(21)16-24-20(22)4-2/h4,11-14,18,21H,2-3,5-10,15-16H2,1H3. The van der Waals surface area contributed by atoms with Gasteiger partial charge in [-0.15, -0.1) is 0 Å². The van der Waals surface area contributed by atoms with Crippen LogP contribution in [0.3, 0.4) is 0 Å². The van der Waals surface area contributed by atoms with Crippen molar-refractivity contribution in [3.63, 3.8) is 0 Å². The van der Waals surface area contributed by atoms with E-state index in [0.717, 1.165) is 12.5 Å². The lowest BCUT2D eigenvalue weighted by Crippen LogP contribution is -2.24. The molecule has 0 spiro atoms. The molecule has 0 bridgehead atoms. The molecule has 0 heterocycles. The third-order valence-electron chi connectivity index (χ3n) is 3.77. The number of carbonyl (C=O) groups is 1. The first kappa shape index (κ1) is 20.2. The number of hydrogen-bond acceptors (Lipinski definition) is 4. The van der Waals surface area contributed by atoms with Gasteiger partial charge in [0.25, 0.3) is 0 Å². The summed E-state index contributed by atoms with van der Waals surface area (Å²) in [6.07, 6.45) is 9.10. The second kappa shape index (κ2) is 12.6. The van der Waals surface area contributed by atoms with Crippen LogP contribution in [-0.4, -0.2) is 30.4 Å². The monoisotopic (exact) mass is 334 g/mol. The quantitative estimate of drug-likeness (QED) is 0.336. The molecule has 4 nitrogen and oxygen atoms in total. The number of aliphatic hydroxyl groups is 1. The minimum absolute atomic E-state index is 0.0845. The van der Waals surface area contributed by atoms with E-state index >= 15 is 0 Å². The maximum absolute atomic E-state index is 10.9. The number of rotatable bonds is 13. The predicted octanol–water partition coefficient (Wildman–Crippen LogP) is 4.06. The Morgan fingerprint density at radius 3 is 2.46 bits per heavy atom. The van der Waals surface area contributed by atoms with E-state index in [1.807, 2.05) is 12.1 Å². The van der Waals surface area contributed by atoms with Gasteiger partial charge in [-0.25, -0.2) is 4.79 Å². The molecule has 0 amide bonds. The highest BCUT2D eigenvalue weighted by Gasteiger charge is 2.08. The molecule has 1 rings (SSSR count). The van der Waals surface area contributed by atoms with Crippen LogP contribution in [0, 0.1) is 0 Å². The summed E-state index contributed by atoms with van der Waals surface area (Å²) in [5.74, 6) is 0.156. The Bertz CT molecular complexity index is 467. The number of aryl methyl sites for hydroxylation is 1. The maximum Gasteiger partial charge on any atom is 0.330 e. The van der Waals surface area contributed by atoms with E-state index in [4.69, 9.17) is 9.47 Å². The summed E-state index contributed by atoms with van der Waals surface area (Å²) >= 11 is 0. The lowest BCUT2D eigenvalue weighted by atomic mass is 10.0. The Labute approximate surface area is 145 Å². The molecule has 0 fully saturated rings. The van der Waals surface area contributed by atoms with Gasteiger partial charge in [-0.2, -0.15) is 0 Å². The van der Waals surface area contributed by atoms with Crippen molar-refractivity contribution in [2.75, 3.05) is 13.2 Å². The van der Waals surface area contributed by atoms with E-state index in [1.54, 1.807) is 0 Å². The number of unbranched alkanes of at least 4 members (excludes halogenated alkanes) is 5. The zero-order valence-electron chi connectivity index (χ0n) is 14.7. The molecule has 4 heteroatoms. The van der Waals surface area contributed by atoms with Crippen LogP contribution < -0.4 is 4.74 Å². The van der Waals surface area contributed by atoms with Gasteiger partial charge in [-0.1, -0.05) is 57.7 Å². The first-order valence-corrected chi connectivity index (χ1v) is 8.84.